The molecule has 0 bridgehead atoms. The summed E-state index contributed by atoms with van der Waals surface area (Å²) in [6.45, 7) is 2.06. The fourth-order valence-corrected chi connectivity index (χ4v) is 5.10. The van der Waals surface area contributed by atoms with Crippen LogP contribution in [-0.4, -0.2) is 34.6 Å². The van der Waals surface area contributed by atoms with E-state index in [1.54, 1.807) is 17.0 Å². The molecule has 6 rings (SSSR count). The molecule has 0 saturated heterocycles. The molecule has 0 N–H and O–H groups in total. The minimum absolute atomic E-state index is 0. The maximum absolute atomic E-state index is 7.59. The lowest BCUT2D eigenvalue weighted by molar-refractivity contribution is 0.746. The zero-order valence-corrected chi connectivity index (χ0v) is 21.6. The number of aryl methyl sites for hydroxylation is 2. The van der Waals surface area contributed by atoms with Gasteiger partial charge in [-0.15, -0.1) is 24.0 Å². The molecule has 180 valence electrons. The van der Waals surface area contributed by atoms with Crippen LogP contribution in [0.4, 0.5) is 0 Å². The molecule has 0 aliphatic rings. The summed E-state index contributed by atoms with van der Waals surface area (Å²) in [5.41, 5.74) is 6.21. The molecular weight excluding hydrogens is 517 g/mol. The second-order valence-electron chi connectivity index (χ2n) is 8.51. The first-order valence-electron chi connectivity index (χ1n) is 11.0. The Morgan fingerprint density at radius 1 is 0.944 bits per heavy atom. The molecule has 1 unspecified atom stereocenters. The van der Waals surface area contributed by atoms with Crippen LogP contribution in [0.25, 0.3) is 27.9 Å². The Bertz CT molecular complexity index is 1710. The van der Waals surface area contributed by atoms with Gasteiger partial charge in [0.1, 0.15) is 4.87 Å². The molecule has 3 heterocycles. The summed E-state index contributed by atoms with van der Waals surface area (Å²) in [6, 6.07) is 21.9. The molecule has 0 radical (unpaired) electrons. The molecule has 1 atom stereocenters. The largest absolute Gasteiger partial charge is 0.336 e. The van der Waals surface area contributed by atoms with Crippen molar-refractivity contribution in [2.24, 2.45) is 7.05 Å². The molecule has 0 amide bonds. The number of fused-ring (bicyclic) bond motifs is 3. The molecule has 3 aromatic heterocycles. The number of imidazole rings is 1. The number of halogens is 3. The van der Waals surface area contributed by atoms with Crippen LogP contribution in [0.1, 0.15) is 22.4 Å². The molecule has 0 spiro atoms. The molecule has 36 heavy (non-hydrogen) atoms. The van der Waals surface area contributed by atoms with Gasteiger partial charge in [0.2, 0.25) is 0 Å². The van der Waals surface area contributed by atoms with Crippen molar-refractivity contribution in [3.05, 3.63) is 107 Å². The van der Waals surface area contributed by atoms with E-state index in [9.17, 15) is 0 Å². The third-order valence-electron chi connectivity index (χ3n) is 6.26. The monoisotopic (exact) mass is 535 g/mol. The predicted molar refractivity (Wildman–Crippen MR) is 144 cm³/mol. The Hall–Kier alpha value is -3.52. The van der Waals surface area contributed by atoms with Gasteiger partial charge in [-0.2, -0.15) is 4.52 Å². The van der Waals surface area contributed by atoms with Crippen molar-refractivity contribution in [1.29, 1.82) is 0 Å². The molecule has 0 fully saturated rings. The van der Waals surface area contributed by atoms with Crippen LogP contribution in [0.5, 0.6) is 0 Å². The van der Waals surface area contributed by atoms with E-state index in [-0.39, 0.29) is 12.4 Å². The highest BCUT2D eigenvalue weighted by Gasteiger charge is 2.37. The number of hydrogen-bond donors (Lipinski definition) is 0. The lowest BCUT2D eigenvalue weighted by atomic mass is 9.86. The lowest BCUT2D eigenvalue weighted by Crippen LogP contribution is -2.25. The van der Waals surface area contributed by atoms with Crippen molar-refractivity contribution in [3.8, 4) is 11.3 Å². The summed E-state index contributed by atoms with van der Waals surface area (Å²) in [4.78, 5) is 8.13. The van der Waals surface area contributed by atoms with Crippen LogP contribution in [-0.2, 0) is 11.9 Å². The fraction of sp³-hybridized carbons (Fsp3) is 0.115. The van der Waals surface area contributed by atoms with Crippen molar-refractivity contribution in [2.75, 3.05) is 0 Å². The van der Waals surface area contributed by atoms with Gasteiger partial charge in [0.15, 0.2) is 0 Å². The smallest absolute Gasteiger partial charge is 0.274 e. The maximum Gasteiger partial charge on any atom is 0.274 e. The Morgan fingerprint density at radius 2 is 1.72 bits per heavy atom. The van der Waals surface area contributed by atoms with Crippen LogP contribution >= 0.6 is 35.6 Å². The SMILES string of the molecule is Cc1ccc(C(Cl)(c2ccc3c(c2)c(-c2cccc(Cl)c2)nc2nnnn23)c2cncn2C)cc1.Cl. The van der Waals surface area contributed by atoms with Crippen LogP contribution in [0.3, 0.4) is 0 Å². The average molecular weight is 537 g/mol. The van der Waals surface area contributed by atoms with E-state index in [2.05, 4.69) is 57.8 Å². The number of benzene rings is 3. The summed E-state index contributed by atoms with van der Waals surface area (Å²) in [5, 5.41) is 13.5. The van der Waals surface area contributed by atoms with Gasteiger partial charge in [0.05, 0.1) is 29.4 Å². The van der Waals surface area contributed by atoms with Gasteiger partial charge in [-0.1, -0.05) is 64.7 Å². The zero-order chi connectivity index (χ0) is 24.2. The van der Waals surface area contributed by atoms with Gasteiger partial charge in [-0.25, -0.2) is 9.97 Å². The number of alkyl halides is 1. The third-order valence-corrected chi connectivity index (χ3v) is 7.12. The highest BCUT2D eigenvalue weighted by Crippen LogP contribution is 2.44. The number of aromatic nitrogens is 7. The molecule has 0 aliphatic carbocycles. The second kappa shape index (κ2) is 9.17. The molecule has 10 heteroatoms. The molecule has 0 aliphatic heterocycles. The molecule has 0 saturated carbocycles. The van der Waals surface area contributed by atoms with Crippen molar-refractivity contribution < 1.29 is 0 Å². The van der Waals surface area contributed by atoms with Crippen LogP contribution in [0.2, 0.25) is 5.02 Å². The molecule has 6 aromatic rings. The van der Waals surface area contributed by atoms with E-state index in [4.69, 9.17) is 28.2 Å². The first-order valence-corrected chi connectivity index (χ1v) is 11.7. The Labute approximate surface area is 223 Å². The van der Waals surface area contributed by atoms with Crippen molar-refractivity contribution in [2.45, 2.75) is 11.8 Å². The van der Waals surface area contributed by atoms with Crippen LogP contribution in [0.15, 0.2) is 79.3 Å². The Balaban J connectivity index is 0.00000267. The van der Waals surface area contributed by atoms with E-state index in [0.29, 0.717) is 10.8 Å². The number of rotatable bonds is 4. The lowest BCUT2D eigenvalue weighted by Gasteiger charge is -2.29. The molecular formula is C26H20Cl3N7. The van der Waals surface area contributed by atoms with Crippen LogP contribution in [0, 0.1) is 6.92 Å². The van der Waals surface area contributed by atoms with E-state index >= 15 is 0 Å². The van der Waals surface area contributed by atoms with E-state index in [1.165, 1.54) is 0 Å². The van der Waals surface area contributed by atoms with E-state index < -0.39 is 4.87 Å². The number of nitrogens with zero attached hydrogens (tertiary/aromatic N) is 7. The first kappa shape index (κ1) is 24.2. The van der Waals surface area contributed by atoms with Crippen molar-refractivity contribution in [1.82, 2.24) is 34.6 Å². The van der Waals surface area contributed by atoms with Gasteiger partial charge in [-0.05, 0) is 52.7 Å². The number of tetrazole rings is 1. The minimum atomic E-state index is -0.992. The van der Waals surface area contributed by atoms with Gasteiger partial charge in [0.25, 0.3) is 5.78 Å². The standard InChI is InChI=1S/C26H19Cl2N7.ClH/c1-16-6-8-18(9-7-16)26(28,23-14-29-15-34(23)2)19-10-11-22-21(13-19)24(17-4-3-5-20(27)12-17)30-25-31-32-33-35(22)25;/h3-15H,1-2H3;1H. The predicted octanol–water partition coefficient (Wildman–Crippen LogP) is 5.99. The summed E-state index contributed by atoms with van der Waals surface area (Å²) in [7, 11) is 1.94. The maximum atomic E-state index is 7.59. The normalized spacial score (nSPS) is 13.0. The second-order valence-corrected chi connectivity index (χ2v) is 9.51. The quantitative estimate of drug-likeness (QED) is 0.259. The summed E-state index contributed by atoms with van der Waals surface area (Å²) < 4.78 is 3.57. The Kier molecular flexibility index (Phi) is 6.16. The van der Waals surface area contributed by atoms with E-state index in [0.717, 1.165) is 44.5 Å². The Morgan fingerprint density at radius 3 is 2.44 bits per heavy atom. The fourth-order valence-electron chi connectivity index (χ4n) is 4.48. The van der Waals surface area contributed by atoms with Crippen molar-refractivity contribution >= 4 is 52.3 Å². The van der Waals surface area contributed by atoms with Gasteiger partial charge < -0.3 is 4.57 Å². The van der Waals surface area contributed by atoms with Gasteiger partial charge >= 0.3 is 0 Å². The minimum Gasteiger partial charge on any atom is -0.336 e. The first-order chi connectivity index (χ1) is 16.9. The van der Waals surface area contributed by atoms with Crippen LogP contribution < -0.4 is 0 Å². The van der Waals surface area contributed by atoms with E-state index in [1.807, 2.05) is 48.0 Å². The molecule has 7 nitrogen and oxygen atoms in total. The highest BCUT2D eigenvalue weighted by atomic mass is 35.5. The van der Waals surface area contributed by atoms with Gasteiger partial charge in [-0.3, -0.25) is 0 Å². The summed E-state index contributed by atoms with van der Waals surface area (Å²) >= 11 is 13.9. The summed E-state index contributed by atoms with van der Waals surface area (Å²) in [5.74, 6) is 0.405. The summed E-state index contributed by atoms with van der Waals surface area (Å²) in [6.07, 6.45) is 3.56. The topological polar surface area (TPSA) is 73.8 Å². The third kappa shape index (κ3) is 3.80. The van der Waals surface area contributed by atoms with Crippen molar-refractivity contribution in [3.63, 3.8) is 0 Å². The molecule has 3 aromatic carbocycles. The highest BCUT2D eigenvalue weighted by molar-refractivity contribution is 6.31. The van der Waals surface area contributed by atoms with Gasteiger partial charge in [0, 0.05) is 23.0 Å². The average Bonchev–Trinajstić information content (AvgIpc) is 3.52. The zero-order valence-electron chi connectivity index (χ0n) is 19.3. The number of hydrogen-bond acceptors (Lipinski definition) is 5.